The van der Waals surface area contributed by atoms with Crippen LogP contribution in [0.1, 0.15) is 16.8 Å². The fourth-order valence-electron chi connectivity index (χ4n) is 4.68. The molecule has 0 N–H and O–H groups in total. The highest BCUT2D eigenvalue weighted by Gasteiger charge is 2.38. The molecule has 0 atom stereocenters. The molecule has 1 amide bonds. The Morgan fingerprint density at radius 3 is 2.45 bits per heavy atom. The van der Waals surface area contributed by atoms with Crippen LogP contribution in [0.2, 0.25) is 5.02 Å². The summed E-state index contributed by atoms with van der Waals surface area (Å²) in [6.45, 7) is 3.58. The molecule has 5 aromatic rings. The first kappa shape index (κ1) is 27.7. The van der Waals surface area contributed by atoms with Crippen molar-refractivity contribution in [2.45, 2.75) is 13.8 Å². The van der Waals surface area contributed by atoms with E-state index in [0.29, 0.717) is 27.8 Å². The number of rotatable bonds is 5. The lowest BCUT2D eigenvalue weighted by Gasteiger charge is -2.12. The number of aromatic nitrogens is 4. The molecule has 9 nitrogen and oxygen atoms in total. The second-order valence-corrected chi connectivity index (χ2v) is 11.6. The van der Waals surface area contributed by atoms with Gasteiger partial charge in [0.05, 0.1) is 16.3 Å². The molecule has 210 valence electrons. The minimum Gasteiger partial charge on any atom is -0.438 e. The van der Waals surface area contributed by atoms with Gasteiger partial charge >= 0.3 is 0 Å². The number of ether oxygens (including phenoxy) is 1. The number of pyridine rings is 1. The largest absolute Gasteiger partial charge is 0.438 e. The van der Waals surface area contributed by atoms with E-state index < -0.39 is 17.0 Å². The number of fused-ring (bicyclic) bond motifs is 1. The highest BCUT2D eigenvalue weighted by atomic mass is 35.5. The van der Waals surface area contributed by atoms with Crippen molar-refractivity contribution >= 4 is 63.2 Å². The Morgan fingerprint density at radius 1 is 0.976 bits per heavy atom. The van der Waals surface area contributed by atoms with Gasteiger partial charge in [-0.15, -0.1) is 0 Å². The van der Waals surface area contributed by atoms with Crippen LogP contribution in [-0.2, 0) is 11.8 Å². The van der Waals surface area contributed by atoms with Gasteiger partial charge in [0, 0.05) is 18.3 Å². The lowest BCUT2D eigenvalue weighted by atomic mass is 10.2. The predicted molar refractivity (Wildman–Crippen MR) is 169 cm³/mol. The zero-order chi connectivity index (χ0) is 29.7. The van der Waals surface area contributed by atoms with E-state index in [9.17, 15) is 14.4 Å². The molecule has 0 bridgehead atoms. The van der Waals surface area contributed by atoms with Crippen LogP contribution in [0.3, 0.4) is 0 Å². The van der Waals surface area contributed by atoms with E-state index in [4.69, 9.17) is 28.6 Å². The van der Waals surface area contributed by atoms with Gasteiger partial charge in [-0.25, -0.2) is 4.68 Å². The fourth-order valence-corrected chi connectivity index (χ4v) is 6.05. The summed E-state index contributed by atoms with van der Waals surface area (Å²) in [6, 6.07) is 19.4. The zero-order valence-electron chi connectivity index (χ0n) is 22.6. The van der Waals surface area contributed by atoms with Gasteiger partial charge in [0.1, 0.15) is 22.6 Å². The standard InChI is InChI=1S/C30H22ClN5O4S2/c1-17-15-20(12-13-22(17)31)40-26-21(27(37)34-14-8-7-11-24(34)32-26)16-23-28(38)35(30(41)42-23)25-18(2)33(3)36(29(25)39)19-9-5-4-6-10-19/h4-16H,1-3H3/b23-16+. The van der Waals surface area contributed by atoms with Gasteiger partial charge in [0.25, 0.3) is 17.0 Å². The maximum absolute atomic E-state index is 13.8. The number of halogens is 1. The van der Waals surface area contributed by atoms with Crippen LogP contribution in [0.5, 0.6) is 11.6 Å². The summed E-state index contributed by atoms with van der Waals surface area (Å²) in [5, 5.41) is 0.570. The molecule has 0 saturated carbocycles. The Balaban J connectivity index is 1.46. The number of anilines is 1. The topological polar surface area (TPSA) is 90.8 Å². The number of hydrogen-bond donors (Lipinski definition) is 0. The van der Waals surface area contributed by atoms with Crippen molar-refractivity contribution in [1.29, 1.82) is 0 Å². The highest BCUT2D eigenvalue weighted by Crippen LogP contribution is 2.37. The molecule has 12 heteroatoms. The summed E-state index contributed by atoms with van der Waals surface area (Å²) in [7, 11) is 1.74. The van der Waals surface area contributed by atoms with Crippen molar-refractivity contribution in [2.75, 3.05) is 4.90 Å². The quantitative estimate of drug-likeness (QED) is 0.186. The van der Waals surface area contributed by atoms with E-state index in [-0.39, 0.29) is 26.4 Å². The molecule has 1 aliphatic rings. The summed E-state index contributed by atoms with van der Waals surface area (Å²) >= 11 is 12.8. The van der Waals surface area contributed by atoms with Gasteiger partial charge in [-0.1, -0.05) is 59.8 Å². The van der Waals surface area contributed by atoms with E-state index in [0.717, 1.165) is 17.3 Å². The highest BCUT2D eigenvalue weighted by molar-refractivity contribution is 8.27. The van der Waals surface area contributed by atoms with Gasteiger partial charge in [0.15, 0.2) is 4.32 Å². The van der Waals surface area contributed by atoms with E-state index in [1.807, 2.05) is 25.1 Å². The Labute approximate surface area is 254 Å². The van der Waals surface area contributed by atoms with E-state index in [1.165, 1.54) is 20.1 Å². The van der Waals surface area contributed by atoms with Gasteiger partial charge in [-0.2, -0.15) is 4.98 Å². The van der Waals surface area contributed by atoms with Crippen molar-refractivity contribution in [3.05, 3.63) is 120 Å². The van der Waals surface area contributed by atoms with E-state index >= 15 is 0 Å². The molecule has 42 heavy (non-hydrogen) atoms. The summed E-state index contributed by atoms with van der Waals surface area (Å²) in [5.41, 5.74) is 1.72. The van der Waals surface area contributed by atoms with Crippen LogP contribution < -0.4 is 20.8 Å². The summed E-state index contributed by atoms with van der Waals surface area (Å²) in [5.74, 6) is -0.0879. The Morgan fingerprint density at radius 2 is 1.71 bits per heavy atom. The maximum atomic E-state index is 13.8. The number of carbonyl (C=O) groups excluding carboxylic acids is 1. The fraction of sp³-hybridized carbons (Fsp3) is 0.100. The molecular formula is C30H22ClN5O4S2. The van der Waals surface area contributed by atoms with Gasteiger partial charge in [-0.05, 0) is 68.0 Å². The first-order valence-corrected chi connectivity index (χ1v) is 14.3. The summed E-state index contributed by atoms with van der Waals surface area (Å²) < 4.78 is 10.8. The van der Waals surface area contributed by atoms with E-state index in [1.54, 1.807) is 73.4 Å². The lowest BCUT2D eigenvalue weighted by molar-refractivity contribution is -0.113. The number of thioether (sulfide) groups is 1. The van der Waals surface area contributed by atoms with Gasteiger partial charge < -0.3 is 4.74 Å². The smallest absolute Gasteiger partial charge is 0.296 e. The van der Waals surface area contributed by atoms with Crippen LogP contribution in [0.25, 0.3) is 17.4 Å². The maximum Gasteiger partial charge on any atom is 0.296 e. The van der Waals surface area contributed by atoms with Crippen LogP contribution in [-0.4, -0.2) is 29.0 Å². The monoisotopic (exact) mass is 615 g/mol. The molecule has 2 aromatic carbocycles. The second kappa shape index (κ2) is 10.8. The molecule has 1 aliphatic heterocycles. The molecule has 1 fully saturated rings. The number of amides is 1. The SMILES string of the molecule is Cc1cc(Oc2nc3ccccn3c(=O)c2/C=C2/SC(=S)N(c3c(C)n(C)n(-c4ccccc4)c3=O)C2=O)ccc1Cl. The van der Waals surface area contributed by atoms with Crippen molar-refractivity contribution in [3.63, 3.8) is 0 Å². The number of carbonyl (C=O) groups is 1. The lowest BCUT2D eigenvalue weighted by Crippen LogP contribution is -2.33. The van der Waals surface area contributed by atoms with Gasteiger partial charge in [0.2, 0.25) is 5.88 Å². The molecule has 0 radical (unpaired) electrons. The first-order chi connectivity index (χ1) is 20.2. The zero-order valence-corrected chi connectivity index (χ0v) is 25.0. The normalized spacial score (nSPS) is 14.4. The van der Waals surface area contributed by atoms with Crippen LogP contribution in [0.15, 0.2) is 87.4 Å². The number of hydrogen-bond acceptors (Lipinski definition) is 7. The molecule has 3 aromatic heterocycles. The molecular weight excluding hydrogens is 594 g/mol. The van der Waals surface area contributed by atoms with E-state index in [2.05, 4.69) is 4.98 Å². The molecule has 4 heterocycles. The number of nitrogens with zero attached hydrogens (tertiary/aromatic N) is 5. The molecule has 0 unspecified atom stereocenters. The third-order valence-electron chi connectivity index (χ3n) is 6.89. The first-order valence-electron chi connectivity index (χ1n) is 12.7. The van der Waals surface area contributed by atoms with Crippen molar-refractivity contribution in [3.8, 4) is 17.3 Å². The van der Waals surface area contributed by atoms with Crippen LogP contribution in [0, 0.1) is 13.8 Å². The van der Waals surface area contributed by atoms with Crippen LogP contribution >= 0.6 is 35.6 Å². The Hall–Kier alpha value is -4.45. The molecule has 0 aliphatic carbocycles. The minimum absolute atomic E-state index is 0.0144. The third kappa shape index (κ3) is 4.65. The predicted octanol–water partition coefficient (Wildman–Crippen LogP) is 5.65. The molecule has 0 spiro atoms. The number of benzene rings is 2. The minimum atomic E-state index is -0.526. The van der Waals surface area contributed by atoms with Crippen molar-refractivity contribution < 1.29 is 9.53 Å². The van der Waals surface area contributed by atoms with Crippen LogP contribution in [0.4, 0.5) is 5.69 Å². The summed E-state index contributed by atoms with van der Waals surface area (Å²) in [6.07, 6.45) is 3.00. The van der Waals surface area contributed by atoms with Crippen molar-refractivity contribution in [2.24, 2.45) is 7.05 Å². The average molecular weight is 616 g/mol. The van der Waals surface area contributed by atoms with Crippen molar-refractivity contribution in [1.82, 2.24) is 18.7 Å². The molecule has 6 rings (SSSR count). The summed E-state index contributed by atoms with van der Waals surface area (Å²) in [4.78, 5) is 47.0. The number of thiocarbonyl (C=S) groups is 1. The Bertz CT molecular complexity index is 2080. The Kier molecular flexibility index (Phi) is 7.09. The number of para-hydroxylation sites is 1. The second-order valence-electron chi connectivity index (χ2n) is 9.50. The third-order valence-corrected chi connectivity index (χ3v) is 8.62. The molecule has 1 saturated heterocycles. The number of aryl methyl sites for hydroxylation is 1. The average Bonchev–Trinajstić information content (AvgIpc) is 3.37. The van der Waals surface area contributed by atoms with Gasteiger partial charge in [-0.3, -0.25) is 28.4 Å².